The largest absolute Gasteiger partial charge is 0.336 e. The maximum atomic E-state index is 12.4. The van der Waals surface area contributed by atoms with Crippen LogP contribution in [0.2, 0.25) is 0 Å². The highest BCUT2D eigenvalue weighted by atomic mass is 16.2. The van der Waals surface area contributed by atoms with Gasteiger partial charge in [-0.1, -0.05) is 12.1 Å². The predicted octanol–water partition coefficient (Wildman–Crippen LogP) is 0.968. The van der Waals surface area contributed by atoms with Crippen LogP contribution in [0.1, 0.15) is 23.2 Å². The van der Waals surface area contributed by atoms with Gasteiger partial charge >= 0.3 is 0 Å². The molecular weight excluding hydrogens is 199 g/mol. The summed E-state index contributed by atoms with van der Waals surface area (Å²) in [5.74, 6) is 0.119. The van der Waals surface area contributed by atoms with E-state index < -0.39 is 0 Å². The molecule has 0 N–H and O–H groups in total. The smallest absolute Gasteiger partial charge is 0.256 e. The van der Waals surface area contributed by atoms with Crippen LogP contribution in [-0.4, -0.2) is 36.9 Å². The van der Waals surface area contributed by atoms with Gasteiger partial charge in [0.2, 0.25) is 0 Å². The standard InChI is InChI=1S/C12H13BN2O/c13-12-6-3-7-15(12)11(16)9-4-1-2-5-10(9)14-8-12/h1-2,4-5,8H,3,6-7,13H2. The van der Waals surface area contributed by atoms with E-state index >= 15 is 0 Å². The van der Waals surface area contributed by atoms with Crippen molar-refractivity contribution in [1.29, 1.82) is 0 Å². The monoisotopic (exact) mass is 212 g/mol. The lowest BCUT2D eigenvalue weighted by molar-refractivity contribution is 0.0754. The van der Waals surface area contributed by atoms with Gasteiger partial charge in [-0.2, -0.15) is 0 Å². The Kier molecular flexibility index (Phi) is 1.93. The third-order valence-electron chi connectivity index (χ3n) is 3.54. The summed E-state index contributed by atoms with van der Waals surface area (Å²) in [6, 6.07) is 7.57. The van der Waals surface area contributed by atoms with Gasteiger partial charge in [0.1, 0.15) is 7.85 Å². The second-order valence-corrected chi connectivity index (χ2v) is 4.69. The van der Waals surface area contributed by atoms with Crippen molar-refractivity contribution in [2.45, 2.75) is 18.3 Å². The van der Waals surface area contributed by atoms with E-state index in [0.29, 0.717) is 0 Å². The van der Waals surface area contributed by atoms with E-state index in [1.54, 1.807) is 0 Å². The molecule has 3 nitrogen and oxygen atoms in total. The van der Waals surface area contributed by atoms with Crippen LogP contribution in [0.3, 0.4) is 0 Å². The lowest BCUT2D eigenvalue weighted by atomic mass is 9.76. The molecule has 1 aromatic rings. The third kappa shape index (κ3) is 1.22. The number of hydrogen-bond acceptors (Lipinski definition) is 2. The van der Waals surface area contributed by atoms with Crippen molar-refractivity contribution in [3.63, 3.8) is 0 Å². The number of carbonyl (C=O) groups excluding carboxylic acids is 1. The lowest BCUT2D eigenvalue weighted by Crippen LogP contribution is -2.48. The maximum absolute atomic E-state index is 12.4. The van der Waals surface area contributed by atoms with Crippen molar-refractivity contribution in [1.82, 2.24) is 4.90 Å². The molecule has 80 valence electrons. The number of rotatable bonds is 0. The highest BCUT2D eigenvalue weighted by Gasteiger charge is 2.40. The fourth-order valence-electron chi connectivity index (χ4n) is 2.57. The summed E-state index contributed by atoms with van der Waals surface area (Å²) in [7, 11) is 2.09. The Morgan fingerprint density at radius 3 is 3.06 bits per heavy atom. The van der Waals surface area contributed by atoms with Crippen LogP contribution >= 0.6 is 0 Å². The van der Waals surface area contributed by atoms with Gasteiger partial charge in [-0.25, -0.2) is 0 Å². The minimum atomic E-state index is -0.184. The van der Waals surface area contributed by atoms with E-state index in [0.717, 1.165) is 30.6 Å². The number of amides is 1. The third-order valence-corrected chi connectivity index (χ3v) is 3.54. The molecule has 1 unspecified atom stereocenters. The van der Waals surface area contributed by atoms with Crippen LogP contribution in [0.15, 0.2) is 29.3 Å². The van der Waals surface area contributed by atoms with Gasteiger partial charge in [0, 0.05) is 18.2 Å². The number of benzene rings is 1. The van der Waals surface area contributed by atoms with Crippen LogP contribution < -0.4 is 0 Å². The molecular formula is C12H13BN2O. The Hall–Kier alpha value is -1.58. The Labute approximate surface area is 95.6 Å². The molecule has 0 radical (unpaired) electrons. The van der Waals surface area contributed by atoms with E-state index in [-0.39, 0.29) is 11.3 Å². The zero-order valence-electron chi connectivity index (χ0n) is 9.31. The molecule has 2 heterocycles. The minimum absolute atomic E-state index is 0.119. The molecule has 2 aliphatic rings. The zero-order valence-corrected chi connectivity index (χ0v) is 9.31. The number of nitrogens with zero attached hydrogens (tertiary/aromatic N) is 2. The summed E-state index contributed by atoms with van der Waals surface area (Å²) in [4.78, 5) is 18.8. The molecule has 0 saturated carbocycles. The van der Waals surface area contributed by atoms with E-state index in [1.807, 2.05) is 35.4 Å². The van der Waals surface area contributed by atoms with Crippen molar-refractivity contribution in [2.24, 2.45) is 4.99 Å². The Morgan fingerprint density at radius 2 is 2.19 bits per heavy atom. The minimum Gasteiger partial charge on any atom is -0.336 e. The average molecular weight is 212 g/mol. The Morgan fingerprint density at radius 1 is 1.38 bits per heavy atom. The van der Waals surface area contributed by atoms with Gasteiger partial charge in [0.15, 0.2) is 0 Å². The molecule has 0 spiro atoms. The maximum Gasteiger partial charge on any atom is 0.256 e. The molecule has 0 bridgehead atoms. The second kappa shape index (κ2) is 3.21. The number of fused-ring (bicyclic) bond motifs is 2. The van der Waals surface area contributed by atoms with E-state index in [2.05, 4.69) is 12.8 Å². The summed E-state index contributed by atoms with van der Waals surface area (Å²) < 4.78 is 0. The average Bonchev–Trinajstić information content (AvgIpc) is 2.64. The summed E-state index contributed by atoms with van der Waals surface area (Å²) in [5, 5.41) is 0. The van der Waals surface area contributed by atoms with Gasteiger partial charge in [-0.3, -0.25) is 9.79 Å². The molecule has 1 atom stereocenters. The quantitative estimate of drug-likeness (QED) is 0.589. The first kappa shape index (κ1) is 9.64. The Bertz CT molecular complexity index is 486. The van der Waals surface area contributed by atoms with Gasteiger partial charge in [0.05, 0.1) is 11.3 Å². The summed E-state index contributed by atoms with van der Waals surface area (Å²) in [6.07, 6.45) is 4.01. The summed E-state index contributed by atoms with van der Waals surface area (Å²) in [5.41, 5.74) is 1.34. The molecule has 2 aliphatic heterocycles. The first-order valence-electron chi connectivity index (χ1n) is 5.67. The fraction of sp³-hybridized carbons (Fsp3) is 0.333. The first-order valence-corrected chi connectivity index (χ1v) is 5.67. The zero-order chi connectivity index (χ0) is 11.2. The van der Waals surface area contributed by atoms with Gasteiger partial charge < -0.3 is 4.90 Å². The molecule has 1 fully saturated rings. The van der Waals surface area contributed by atoms with Crippen LogP contribution in [0.4, 0.5) is 5.69 Å². The van der Waals surface area contributed by atoms with Crippen LogP contribution in [0.25, 0.3) is 0 Å². The lowest BCUT2D eigenvalue weighted by Gasteiger charge is -2.30. The van der Waals surface area contributed by atoms with Crippen LogP contribution in [0, 0.1) is 0 Å². The van der Waals surface area contributed by atoms with E-state index in [1.165, 1.54) is 0 Å². The highest BCUT2D eigenvalue weighted by molar-refractivity contribution is 6.28. The van der Waals surface area contributed by atoms with Gasteiger partial charge in [-0.05, 0) is 25.0 Å². The molecule has 1 amide bonds. The summed E-state index contributed by atoms with van der Waals surface area (Å²) >= 11 is 0. The van der Waals surface area contributed by atoms with Crippen molar-refractivity contribution in [2.75, 3.05) is 6.54 Å². The molecule has 0 aliphatic carbocycles. The number of hydrogen-bond donors (Lipinski definition) is 0. The summed E-state index contributed by atoms with van der Waals surface area (Å²) in [6.45, 7) is 0.843. The normalized spacial score (nSPS) is 27.5. The topological polar surface area (TPSA) is 32.7 Å². The first-order chi connectivity index (χ1) is 7.71. The molecule has 4 heteroatoms. The van der Waals surface area contributed by atoms with E-state index in [9.17, 15) is 4.79 Å². The second-order valence-electron chi connectivity index (χ2n) is 4.69. The number of carbonyl (C=O) groups is 1. The Balaban J connectivity index is 2.16. The molecule has 1 aromatic carbocycles. The van der Waals surface area contributed by atoms with Crippen molar-refractivity contribution in [3.8, 4) is 0 Å². The van der Waals surface area contributed by atoms with E-state index in [4.69, 9.17) is 0 Å². The highest BCUT2D eigenvalue weighted by Crippen LogP contribution is 2.32. The van der Waals surface area contributed by atoms with Crippen LogP contribution in [-0.2, 0) is 0 Å². The van der Waals surface area contributed by atoms with Gasteiger partial charge in [0.25, 0.3) is 5.91 Å². The van der Waals surface area contributed by atoms with Crippen LogP contribution in [0.5, 0.6) is 0 Å². The van der Waals surface area contributed by atoms with Gasteiger partial charge in [-0.15, -0.1) is 0 Å². The SMILES string of the molecule is BC12C=Nc3ccccc3C(=O)N1CCC2. The molecule has 1 saturated heterocycles. The van der Waals surface area contributed by atoms with Crippen molar-refractivity contribution >= 4 is 25.7 Å². The fourth-order valence-corrected chi connectivity index (χ4v) is 2.57. The molecule has 3 rings (SSSR count). The molecule has 16 heavy (non-hydrogen) atoms. The number of aliphatic imine (C=N–C) groups is 1. The van der Waals surface area contributed by atoms with Crippen molar-refractivity contribution in [3.05, 3.63) is 29.8 Å². The predicted molar refractivity (Wildman–Crippen MR) is 66.1 cm³/mol. The molecule has 0 aromatic heterocycles. The van der Waals surface area contributed by atoms with Crippen molar-refractivity contribution < 1.29 is 4.79 Å². The number of para-hydroxylation sites is 1.